The van der Waals surface area contributed by atoms with Crippen molar-refractivity contribution in [1.82, 2.24) is 9.97 Å². The van der Waals surface area contributed by atoms with Crippen LogP contribution in [0.1, 0.15) is 5.82 Å². The molecule has 5 nitrogen and oxygen atoms in total. The highest BCUT2D eigenvalue weighted by atomic mass is 16.5. The third-order valence-corrected chi connectivity index (χ3v) is 2.64. The van der Waals surface area contributed by atoms with Gasteiger partial charge in [-0.1, -0.05) is 18.2 Å². The summed E-state index contributed by atoms with van der Waals surface area (Å²) in [6, 6.07) is 9.55. The molecular weight excluding hydrogens is 252 g/mol. The van der Waals surface area contributed by atoms with E-state index in [-0.39, 0.29) is 0 Å². The van der Waals surface area contributed by atoms with Crippen LogP contribution in [0.25, 0.3) is 0 Å². The van der Waals surface area contributed by atoms with Gasteiger partial charge >= 0.3 is 0 Å². The molecule has 5 heteroatoms. The van der Waals surface area contributed by atoms with Crippen molar-refractivity contribution in [2.75, 3.05) is 24.3 Å². The first-order valence-corrected chi connectivity index (χ1v) is 6.33. The molecular formula is C15H18N4O. The zero-order valence-corrected chi connectivity index (χ0v) is 11.7. The Labute approximate surface area is 118 Å². The molecule has 0 bridgehead atoms. The van der Waals surface area contributed by atoms with Crippen molar-refractivity contribution in [3.63, 3.8) is 0 Å². The average Bonchev–Trinajstić information content (AvgIpc) is 2.45. The Morgan fingerprint density at radius 1 is 1.25 bits per heavy atom. The van der Waals surface area contributed by atoms with Crippen LogP contribution in [0, 0.1) is 6.92 Å². The fraction of sp³-hybridized carbons (Fsp3) is 0.200. The van der Waals surface area contributed by atoms with Gasteiger partial charge in [-0.05, 0) is 19.1 Å². The summed E-state index contributed by atoms with van der Waals surface area (Å²) in [5, 5.41) is 6.39. The Bertz CT molecular complexity index is 598. The topological polar surface area (TPSA) is 59.1 Å². The number of hydrogen-bond acceptors (Lipinski definition) is 5. The SMILES string of the molecule is C=CCNc1cc(Nc2ccccc2OC)nc(C)n1. The largest absolute Gasteiger partial charge is 0.495 e. The average molecular weight is 270 g/mol. The zero-order valence-electron chi connectivity index (χ0n) is 11.7. The number of aryl methyl sites for hydroxylation is 1. The lowest BCUT2D eigenvalue weighted by Crippen LogP contribution is -2.05. The number of methoxy groups -OCH3 is 1. The lowest BCUT2D eigenvalue weighted by molar-refractivity contribution is 0.417. The maximum Gasteiger partial charge on any atom is 0.142 e. The van der Waals surface area contributed by atoms with Gasteiger partial charge in [-0.25, -0.2) is 9.97 Å². The molecule has 0 atom stereocenters. The van der Waals surface area contributed by atoms with Crippen LogP contribution in [0.5, 0.6) is 5.75 Å². The number of ether oxygens (including phenoxy) is 1. The number of rotatable bonds is 6. The van der Waals surface area contributed by atoms with Crippen molar-refractivity contribution >= 4 is 17.3 Å². The lowest BCUT2D eigenvalue weighted by atomic mass is 10.3. The molecule has 0 aliphatic carbocycles. The third-order valence-electron chi connectivity index (χ3n) is 2.64. The van der Waals surface area contributed by atoms with Crippen molar-refractivity contribution in [3.05, 3.63) is 48.8 Å². The highest BCUT2D eigenvalue weighted by Crippen LogP contribution is 2.26. The number of hydrogen-bond donors (Lipinski definition) is 2. The molecule has 0 spiro atoms. The highest BCUT2D eigenvalue weighted by molar-refractivity contribution is 5.65. The maximum absolute atomic E-state index is 5.31. The van der Waals surface area contributed by atoms with E-state index >= 15 is 0 Å². The van der Waals surface area contributed by atoms with E-state index in [0.29, 0.717) is 18.2 Å². The number of para-hydroxylation sites is 2. The van der Waals surface area contributed by atoms with Crippen LogP contribution >= 0.6 is 0 Å². The second-order valence-corrected chi connectivity index (χ2v) is 4.18. The molecule has 104 valence electrons. The van der Waals surface area contributed by atoms with Gasteiger partial charge in [0.05, 0.1) is 12.8 Å². The van der Waals surface area contributed by atoms with Gasteiger partial charge in [-0.3, -0.25) is 0 Å². The first-order chi connectivity index (χ1) is 9.72. The molecule has 0 aliphatic heterocycles. The first kappa shape index (κ1) is 13.9. The Balaban J connectivity index is 2.24. The van der Waals surface area contributed by atoms with E-state index in [1.807, 2.05) is 37.3 Å². The second-order valence-electron chi connectivity index (χ2n) is 4.18. The summed E-state index contributed by atoms with van der Waals surface area (Å²) in [5.74, 6) is 2.93. The van der Waals surface area contributed by atoms with E-state index < -0.39 is 0 Å². The van der Waals surface area contributed by atoms with E-state index in [0.717, 1.165) is 17.3 Å². The molecule has 0 radical (unpaired) electrons. The summed E-state index contributed by atoms with van der Waals surface area (Å²) in [6.07, 6.45) is 1.78. The van der Waals surface area contributed by atoms with Gasteiger partial charge < -0.3 is 15.4 Å². The Morgan fingerprint density at radius 2 is 2.00 bits per heavy atom. The molecule has 0 unspecified atom stereocenters. The fourth-order valence-electron chi connectivity index (χ4n) is 1.78. The van der Waals surface area contributed by atoms with Crippen molar-refractivity contribution in [2.24, 2.45) is 0 Å². The summed E-state index contributed by atoms with van der Waals surface area (Å²) in [5.41, 5.74) is 0.864. The van der Waals surface area contributed by atoms with Gasteiger partial charge in [-0.2, -0.15) is 0 Å². The molecule has 2 aromatic rings. The normalized spacial score (nSPS) is 9.90. The van der Waals surface area contributed by atoms with Gasteiger partial charge in [-0.15, -0.1) is 6.58 Å². The molecule has 20 heavy (non-hydrogen) atoms. The number of nitrogens with zero attached hydrogens (tertiary/aromatic N) is 2. The van der Waals surface area contributed by atoms with Crippen molar-refractivity contribution in [1.29, 1.82) is 0 Å². The van der Waals surface area contributed by atoms with E-state index in [4.69, 9.17) is 4.74 Å². The monoisotopic (exact) mass is 270 g/mol. The van der Waals surface area contributed by atoms with Gasteiger partial charge in [0.2, 0.25) is 0 Å². The molecule has 2 rings (SSSR count). The van der Waals surface area contributed by atoms with E-state index in [9.17, 15) is 0 Å². The van der Waals surface area contributed by atoms with Crippen LogP contribution in [-0.2, 0) is 0 Å². The van der Waals surface area contributed by atoms with Gasteiger partial charge in [0.1, 0.15) is 23.2 Å². The lowest BCUT2D eigenvalue weighted by Gasteiger charge is -2.12. The molecule has 0 saturated heterocycles. The number of aromatic nitrogens is 2. The number of anilines is 3. The zero-order chi connectivity index (χ0) is 14.4. The van der Waals surface area contributed by atoms with Gasteiger partial charge in [0.25, 0.3) is 0 Å². The van der Waals surface area contributed by atoms with E-state index in [1.54, 1.807) is 13.2 Å². The summed E-state index contributed by atoms with van der Waals surface area (Å²) in [6.45, 7) is 6.18. The summed E-state index contributed by atoms with van der Waals surface area (Å²) in [4.78, 5) is 8.68. The number of benzene rings is 1. The Morgan fingerprint density at radius 3 is 2.75 bits per heavy atom. The first-order valence-electron chi connectivity index (χ1n) is 6.33. The van der Waals surface area contributed by atoms with Crippen LogP contribution in [0.2, 0.25) is 0 Å². The summed E-state index contributed by atoms with van der Waals surface area (Å²) >= 11 is 0. The number of nitrogens with one attached hydrogen (secondary N) is 2. The second kappa shape index (κ2) is 6.56. The summed E-state index contributed by atoms with van der Waals surface area (Å²) < 4.78 is 5.31. The predicted molar refractivity (Wildman–Crippen MR) is 81.7 cm³/mol. The molecule has 1 aromatic carbocycles. The minimum Gasteiger partial charge on any atom is -0.495 e. The summed E-state index contributed by atoms with van der Waals surface area (Å²) in [7, 11) is 1.64. The third kappa shape index (κ3) is 3.47. The molecule has 0 fully saturated rings. The van der Waals surface area contributed by atoms with Gasteiger partial charge in [0, 0.05) is 12.6 Å². The van der Waals surface area contributed by atoms with E-state index in [2.05, 4.69) is 27.2 Å². The minimum atomic E-state index is 0.657. The van der Waals surface area contributed by atoms with Crippen LogP contribution in [0.4, 0.5) is 17.3 Å². The Kier molecular flexibility index (Phi) is 4.55. The molecule has 0 saturated carbocycles. The van der Waals surface area contributed by atoms with Crippen LogP contribution < -0.4 is 15.4 Å². The quantitative estimate of drug-likeness (QED) is 0.790. The molecule has 0 amide bonds. The van der Waals surface area contributed by atoms with Crippen molar-refractivity contribution in [3.8, 4) is 5.75 Å². The molecule has 1 heterocycles. The van der Waals surface area contributed by atoms with Crippen LogP contribution in [-0.4, -0.2) is 23.6 Å². The highest BCUT2D eigenvalue weighted by Gasteiger charge is 2.05. The molecule has 2 N–H and O–H groups in total. The molecule has 0 aliphatic rings. The maximum atomic E-state index is 5.31. The van der Waals surface area contributed by atoms with Crippen molar-refractivity contribution < 1.29 is 4.74 Å². The fourth-order valence-corrected chi connectivity index (χ4v) is 1.78. The standard InChI is InChI=1S/C15H18N4O/c1-4-9-16-14-10-15(18-11(2)17-14)19-12-7-5-6-8-13(12)20-3/h4-8,10H,1,9H2,2-3H3,(H2,16,17,18,19). The van der Waals surface area contributed by atoms with E-state index in [1.165, 1.54) is 0 Å². The predicted octanol–water partition coefficient (Wildman–Crippen LogP) is 3.14. The van der Waals surface area contributed by atoms with Crippen LogP contribution in [0.15, 0.2) is 43.0 Å². The smallest absolute Gasteiger partial charge is 0.142 e. The van der Waals surface area contributed by atoms with Crippen LogP contribution in [0.3, 0.4) is 0 Å². The van der Waals surface area contributed by atoms with Crippen molar-refractivity contribution in [2.45, 2.75) is 6.92 Å². The Hall–Kier alpha value is -2.56. The van der Waals surface area contributed by atoms with Gasteiger partial charge in [0.15, 0.2) is 0 Å². The minimum absolute atomic E-state index is 0.657. The molecule has 1 aromatic heterocycles.